The van der Waals surface area contributed by atoms with Crippen LogP contribution in [-0.2, 0) is 4.74 Å². The number of thioether (sulfide) groups is 1. The van der Waals surface area contributed by atoms with Gasteiger partial charge in [0.05, 0.1) is 6.04 Å². The zero-order valence-corrected chi connectivity index (χ0v) is 15.2. The molecule has 1 heterocycles. The SMILES string of the molecule is CN=C(NCC1(SC)CCOCC1)NC(C)c1ccc(F)c(F)c1. The third-order valence-corrected chi connectivity index (χ3v) is 5.85. The van der Waals surface area contributed by atoms with Crippen LogP contribution in [0.1, 0.15) is 31.4 Å². The van der Waals surface area contributed by atoms with E-state index in [2.05, 4.69) is 21.9 Å². The molecule has 7 heteroatoms. The molecule has 1 unspecified atom stereocenters. The van der Waals surface area contributed by atoms with Crippen molar-refractivity contribution < 1.29 is 13.5 Å². The zero-order valence-electron chi connectivity index (χ0n) is 14.4. The summed E-state index contributed by atoms with van der Waals surface area (Å²) in [5.41, 5.74) is 0.669. The second-order valence-corrected chi connectivity index (χ2v) is 7.24. The van der Waals surface area contributed by atoms with E-state index < -0.39 is 11.6 Å². The van der Waals surface area contributed by atoms with E-state index in [0.717, 1.165) is 38.7 Å². The molecule has 1 atom stereocenters. The molecule has 0 spiro atoms. The minimum absolute atomic E-state index is 0.140. The summed E-state index contributed by atoms with van der Waals surface area (Å²) in [5, 5.41) is 6.57. The fraction of sp³-hybridized carbons (Fsp3) is 0.588. The van der Waals surface area contributed by atoms with Crippen LogP contribution in [0.2, 0.25) is 0 Å². The molecule has 2 N–H and O–H groups in total. The van der Waals surface area contributed by atoms with Crippen LogP contribution in [0.15, 0.2) is 23.2 Å². The van der Waals surface area contributed by atoms with Gasteiger partial charge in [-0.25, -0.2) is 8.78 Å². The van der Waals surface area contributed by atoms with Crippen LogP contribution in [0.4, 0.5) is 8.78 Å². The van der Waals surface area contributed by atoms with Gasteiger partial charge in [-0.15, -0.1) is 0 Å². The molecule has 0 saturated carbocycles. The number of aliphatic imine (C=N–C) groups is 1. The summed E-state index contributed by atoms with van der Waals surface area (Å²) in [4.78, 5) is 4.23. The lowest BCUT2D eigenvalue weighted by atomic mass is 9.99. The summed E-state index contributed by atoms with van der Waals surface area (Å²) >= 11 is 1.85. The van der Waals surface area contributed by atoms with Crippen LogP contribution >= 0.6 is 11.8 Å². The Morgan fingerprint density at radius 3 is 2.62 bits per heavy atom. The van der Waals surface area contributed by atoms with Crippen molar-refractivity contribution in [2.45, 2.75) is 30.6 Å². The van der Waals surface area contributed by atoms with Crippen molar-refractivity contribution >= 4 is 17.7 Å². The summed E-state index contributed by atoms with van der Waals surface area (Å²) in [6, 6.07) is 3.74. The molecular weight excluding hydrogens is 332 g/mol. The van der Waals surface area contributed by atoms with Crippen molar-refractivity contribution in [3.8, 4) is 0 Å². The third-order valence-electron chi connectivity index (χ3n) is 4.44. The van der Waals surface area contributed by atoms with Gasteiger partial charge in [0.2, 0.25) is 0 Å². The molecule has 0 aliphatic carbocycles. The topological polar surface area (TPSA) is 45.7 Å². The van der Waals surface area contributed by atoms with Gasteiger partial charge >= 0.3 is 0 Å². The van der Waals surface area contributed by atoms with Crippen molar-refractivity contribution in [1.82, 2.24) is 10.6 Å². The Morgan fingerprint density at radius 2 is 2.04 bits per heavy atom. The molecule has 0 amide bonds. The Balaban J connectivity index is 1.95. The van der Waals surface area contributed by atoms with E-state index in [-0.39, 0.29) is 10.8 Å². The second-order valence-electron chi connectivity index (χ2n) is 5.96. The number of nitrogens with one attached hydrogen (secondary N) is 2. The molecule has 0 aromatic heterocycles. The van der Waals surface area contributed by atoms with Crippen LogP contribution in [0.5, 0.6) is 0 Å². The molecule has 0 bridgehead atoms. The van der Waals surface area contributed by atoms with Crippen molar-refractivity contribution in [3.63, 3.8) is 0 Å². The Labute approximate surface area is 146 Å². The first-order chi connectivity index (χ1) is 11.5. The van der Waals surface area contributed by atoms with Crippen molar-refractivity contribution in [2.75, 3.05) is 33.1 Å². The van der Waals surface area contributed by atoms with Crippen LogP contribution in [0, 0.1) is 11.6 Å². The van der Waals surface area contributed by atoms with E-state index in [4.69, 9.17) is 4.74 Å². The summed E-state index contributed by atoms with van der Waals surface area (Å²) in [6.45, 7) is 4.22. The molecule has 1 saturated heterocycles. The standard InChI is InChI=1S/C17H25F2N3OS/c1-12(13-4-5-14(18)15(19)10-13)22-16(20-2)21-11-17(24-3)6-8-23-9-7-17/h4-5,10,12H,6-9,11H2,1-3H3,(H2,20,21,22). The normalized spacial score (nSPS) is 19.0. The first-order valence-corrected chi connectivity index (χ1v) is 9.27. The molecular formula is C17H25F2N3OS. The molecule has 1 aromatic rings. The van der Waals surface area contributed by atoms with E-state index in [1.54, 1.807) is 13.1 Å². The Morgan fingerprint density at radius 1 is 1.33 bits per heavy atom. The number of hydrogen-bond donors (Lipinski definition) is 2. The van der Waals surface area contributed by atoms with Gasteiger partial charge in [0.25, 0.3) is 0 Å². The summed E-state index contributed by atoms with van der Waals surface area (Å²) in [7, 11) is 1.70. The monoisotopic (exact) mass is 357 g/mol. The fourth-order valence-electron chi connectivity index (χ4n) is 2.71. The highest BCUT2D eigenvalue weighted by Crippen LogP contribution is 2.33. The smallest absolute Gasteiger partial charge is 0.191 e. The molecule has 1 fully saturated rings. The predicted molar refractivity (Wildman–Crippen MR) is 95.6 cm³/mol. The molecule has 2 rings (SSSR count). The summed E-state index contributed by atoms with van der Waals surface area (Å²) < 4.78 is 32.0. The molecule has 1 aromatic carbocycles. The van der Waals surface area contributed by atoms with Crippen LogP contribution in [0.25, 0.3) is 0 Å². The average molecular weight is 357 g/mol. The zero-order chi connectivity index (χ0) is 17.6. The summed E-state index contributed by atoms with van der Waals surface area (Å²) in [5.74, 6) is -1.03. The molecule has 1 aliphatic heterocycles. The van der Waals surface area contributed by atoms with Gasteiger partial charge in [-0.3, -0.25) is 4.99 Å². The molecule has 4 nitrogen and oxygen atoms in total. The Bertz CT molecular complexity index is 577. The Kier molecular flexibility index (Phi) is 6.86. The third kappa shape index (κ3) is 4.83. The molecule has 0 radical (unpaired) electrons. The minimum Gasteiger partial charge on any atom is -0.381 e. The van der Waals surface area contributed by atoms with E-state index in [0.29, 0.717) is 11.5 Å². The van der Waals surface area contributed by atoms with Gasteiger partial charge in [0.15, 0.2) is 17.6 Å². The van der Waals surface area contributed by atoms with Gasteiger partial charge in [-0.1, -0.05) is 6.07 Å². The van der Waals surface area contributed by atoms with Gasteiger partial charge < -0.3 is 15.4 Å². The van der Waals surface area contributed by atoms with Crippen molar-refractivity contribution in [3.05, 3.63) is 35.4 Å². The van der Waals surface area contributed by atoms with E-state index >= 15 is 0 Å². The maximum Gasteiger partial charge on any atom is 0.191 e. The van der Waals surface area contributed by atoms with Crippen molar-refractivity contribution in [2.24, 2.45) is 4.99 Å². The lowest BCUT2D eigenvalue weighted by Gasteiger charge is -2.36. The molecule has 134 valence electrons. The first-order valence-electron chi connectivity index (χ1n) is 8.05. The number of hydrogen-bond acceptors (Lipinski definition) is 3. The fourth-order valence-corrected chi connectivity index (χ4v) is 3.50. The lowest BCUT2D eigenvalue weighted by molar-refractivity contribution is 0.0782. The van der Waals surface area contributed by atoms with Crippen molar-refractivity contribution in [1.29, 1.82) is 0 Å². The maximum absolute atomic E-state index is 13.4. The average Bonchev–Trinajstić information content (AvgIpc) is 2.61. The predicted octanol–water partition coefficient (Wildman–Crippen LogP) is 3.10. The van der Waals surface area contributed by atoms with Gasteiger partial charge in [-0.2, -0.15) is 11.8 Å². The number of nitrogens with zero attached hydrogens (tertiary/aromatic N) is 1. The number of benzene rings is 1. The highest BCUT2D eigenvalue weighted by molar-refractivity contribution is 8.00. The van der Waals surface area contributed by atoms with Gasteiger partial charge in [0, 0.05) is 31.6 Å². The summed E-state index contributed by atoms with van der Waals surface area (Å²) in [6.07, 6.45) is 4.11. The largest absolute Gasteiger partial charge is 0.381 e. The highest BCUT2D eigenvalue weighted by Gasteiger charge is 2.31. The number of guanidine groups is 1. The Hall–Kier alpha value is -1.34. The van der Waals surface area contributed by atoms with Gasteiger partial charge in [-0.05, 0) is 43.7 Å². The quantitative estimate of drug-likeness (QED) is 0.628. The van der Waals surface area contributed by atoms with Gasteiger partial charge in [0.1, 0.15) is 0 Å². The van der Waals surface area contributed by atoms with Crippen LogP contribution < -0.4 is 10.6 Å². The molecule has 24 heavy (non-hydrogen) atoms. The maximum atomic E-state index is 13.4. The minimum atomic E-state index is -0.840. The van der Waals surface area contributed by atoms with E-state index in [1.165, 1.54) is 6.07 Å². The van der Waals surface area contributed by atoms with E-state index in [9.17, 15) is 8.78 Å². The number of halogens is 2. The number of rotatable bonds is 5. The first kappa shape index (κ1) is 19.0. The van der Waals surface area contributed by atoms with Crippen LogP contribution in [-0.4, -0.2) is 43.8 Å². The lowest BCUT2D eigenvalue weighted by Crippen LogP contribution is -2.48. The molecule has 1 aliphatic rings. The van der Waals surface area contributed by atoms with E-state index in [1.807, 2.05) is 18.7 Å². The van der Waals surface area contributed by atoms with Crippen LogP contribution in [0.3, 0.4) is 0 Å². The number of ether oxygens (including phenoxy) is 1. The second kappa shape index (κ2) is 8.67. The highest BCUT2D eigenvalue weighted by atomic mass is 32.2.